The Kier molecular flexibility index (Phi) is 9.97. The zero-order chi connectivity index (χ0) is 36.0. The summed E-state index contributed by atoms with van der Waals surface area (Å²) in [6.45, 7) is 2.25. The molecule has 3 heterocycles. The van der Waals surface area contributed by atoms with Crippen LogP contribution in [0.4, 0.5) is 10.1 Å². The number of hydroxylamine groups is 2. The van der Waals surface area contributed by atoms with Gasteiger partial charge in [0.1, 0.15) is 6.10 Å². The molecule has 1 amide bonds. The predicted molar refractivity (Wildman–Crippen MR) is 190 cm³/mol. The van der Waals surface area contributed by atoms with E-state index in [1.54, 1.807) is 17.2 Å². The average Bonchev–Trinajstić information content (AvgIpc) is 3.84. The van der Waals surface area contributed by atoms with Crippen molar-refractivity contribution in [3.8, 4) is 22.6 Å². The van der Waals surface area contributed by atoms with Crippen molar-refractivity contribution in [3.63, 3.8) is 0 Å². The van der Waals surface area contributed by atoms with E-state index < -0.39 is 23.8 Å². The molecule has 4 aromatic rings. The van der Waals surface area contributed by atoms with Crippen LogP contribution in [0.3, 0.4) is 0 Å². The van der Waals surface area contributed by atoms with Gasteiger partial charge in [-0.05, 0) is 55.1 Å². The molecular formula is C37H38Cl2FN5O6. The molecule has 1 aliphatic carbocycles. The van der Waals surface area contributed by atoms with Crippen LogP contribution in [0.2, 0.25) is 10.0 Å². The van der Waals surface area contributed by atoms with E-state index in [0.29, 0.717) is 54.4 Å². The first kappa shape index (κ1) is 35.2. The molecule has 268 valence electrons. The van der Waals surface area contributed by atoms with E-state index in [-0.39, 0.29) is 35.6 Å². The highest BCUT2D eigenvalue weighted by molar-refractivity contribution is 6.36. The fraction of sp³-hybridized carbons (Fsp3) is 0.378. The third-order valence-corrected chi connectivity index (χ3v) is 10.7. The number of rotatable bonds is 10. The van der Waals surface area contributed by atoms with Gasteiger partial charge in [-0.3, -0.25) is 14.4 Å². The number of benzene rings is 3. The van der Waals surface area contributed by atoms with Crippen LogP contribution in [0.25, 0.3) is 11.1 Å². The number of aromatic nitrogens is 2. The van der Waals surface area contributed by atoms with Crippen LogP contribution in [0.5, 0.6) is 11.5 Å². The van der Waals surface area contributed by atoms with E-state index in [4.69, 9.17) is 37.5 Å². The summed E-state index contributed by atoms with van der Waals surface area (Å²) < 4.78 is 29.5. The molecule has 0 bridgehead atoms. The zero-order valence-corrected chi connectivity index (χ0v) is 30.0. The summed E-state index contributed by atoms with van der Waals surface area (Å²) in [4.78, 5) is 37.3. The number of aliphatic carboxylic acids is 1. The minimum absolute atomic E-state index is 0.0519. The number of halogens is 3. The Morgan fingerprint density at radius 2 is 1.84 bits per heavy atom. The Bertz CT molecular complexity index is 2020. The molecule has 0 saturated carbocycles. The molecule has 7 rings (SSSR count). The van der Waals surface area contributed by atoms with E-state index in [1.165, 1.54) is 7.11 Å². The first-order valence-corrected chi connectivity index (χ1v) is 17.6. The topological polar surface area (TPSA) is 118 Å². The van der Waals surface area contributed by atoms with Crippen molar-refractivity contribution in [1.29, 1.82) is 0 Å². The number of amides is 1. The fourth-order valence-electron chi connectivity index (χ4n) is 7.29. The number of carbonyl (C=O) groups excluding carboxylic acids is 1. The zero-order valence-electron chi connectivity index (χ0n) is 28.5. The molecule has 2 unspecified atom stereocenters. The number of nitrogens with one attached hydrogen (secondary N) is 1. The SMILES string of the molecule is COc1c(CON2CCC(C(=O)O)C2)cc(Cl)c(OC2CCc3c(-c4cccc(NC(=O)c5nc6c(n5C)CCN(C)C6)c4Cl)cccc32)c1F. The van der Waals surface area contributed by atoms with Crippen molar-refractivity contribution >= 4 is 40.8 Å². The van der Waals surface area contributed by atoms with Crippen molar-refractivity contribution in [2.45, 2.75) is 44.9 Å². The Balaban J connectivity index is 1.09. The molecule has 51 heavy (non-hydrogen) atoms. The molecule has 2 N–H and O–H groups in total. The summed E-state index contributed by atoms with van der Waals surface area (Å²) in [6.07, 6.45) is 2.02. The number of hydrogen-bond donors (Lipinski definition) is 2. The second-order valence-corrected chi connectivity index (χ2v) is 14.0. The van der Waals surface area contributed by atoms with Gasteiger partial charge in [0.05, 0.1) is 41.1 Å². The normalized spacial score (nSPS) is 18.8. The van der Waals surface area contributed by atoms with Crippen LogP contribution in [-0.4, -0.2) is 70.3 Å². The minimum Gasteiger partial charge on any atom is -0.493 e. The number of hydrogen-bond acceptors (Lipinski definition) is 8. The lowest BCUT2D eigenvalue weighted by Crippen LogP contribution is -2.27. The Morgan fingerprint density at radius 3 is 2.61 bits per heavy atom. The minimum atomic E-state index is -0.872. The van der Waals surface area contributed by atoms with Gasteiger partial charge >= 0.3 is 5.97 Å². The van der Waals surface area contributed by atoms with Gasteiger partial charge in [-0.2, -0.15) is 9.45 Å². The van der Waals surface area contributed by atoms with Gasteiger partial charge < -0.3 is 29.4 Å². The molecule has 3 aromatic carbocycles. The predicted octanol–water partition coefficient (Wildman–Crippen LogP) is 6.69. The number of likely N-dealkylation sites (N-methyl/N-ethyl adjacent to an activating group) is 1. The highest BCUT2D eigenvalue weighted by atomic mass is 35.5. The molecule has 3 aliphatic rings. The van der Waals surface area contributed by atoms with Crippen molar-refractivity contribution in [2.24, 2.45) is 13.0 Å². The molecule has 11 nitrogen and oxygen atoms in total. The second-order valence-electron chi connectivity index (χ2n) is 13.2. The van der Waals surface area contributed by atoms with Gasteiger partial charge in [-0.15, -0.1) is 0 Å². The van der Waals surface area contributed by atoms with Crippen molar-refractivity contribution in [3.05, 3.63) is 92.2 Å². The summed E-state index contributed by atoms with van der Waals surface area (Å²) in [7, 11) is 5.26. The molecule has 0 radical (unpaired) electrons. The molecule has 1 fully saturated rings. The van der Waals surface area contributed by atoms with E-state index in [1.807, 2.05) is 49.0 Å². The average molecular weight is 739 g/mol. The smallest absolute Gasteiger partial charge is 0.307 e. The van der Waals surface area contributed by atoms with E-state index in [2.05, 4.69) is 15.2 Å². The lowest BCUT2D eigenvalue weighted by atomic mass is 9.96. The van der Waals surface area contributed by atoms with Crippen LogP contribution in [0.1, 0.15) is 57.6 Å². The summed E-state index contributed by atoms with van der Waals surface area (Å²) in [5.74, 6) is -2.32. The molecule has 0 spiro atoms. The largest absolute Gasteiger partial charge is 0.493 e. The third-order valence-electron chi connectivity index (χ3n) is 9.98. The van der Waals surface area contributed by atoms with Gasteiger partial charge in [0.2, 0.25) is 5.82 Å². The van der Waals surface area contributed by atoms with Crippen molar-refractivity contribution < 1.29 is 33.4 Å². The maximum absolute atomic E-state index is 15.9. The molecule has 1 aromatic heterocycles. The number of carboxylic acids is 1. The second kappa shape index (κ2) is 14.4. The quantitative estimate of drug-likeness (QED) is 0.184. The van der Waals surface area contributed by atoms with Crippen molar-refractivity contribution in [2.75, 3.05) is 39.1 Å². The number of nitrogens with zero attached hydrogens (tertiary/aromatic N) is 4. The highest BCUT2D eigenvalue weighted by Crippen LogP contribution is 2.46. The van der Waals surface area contributed by atoms with E-state index in [9.17, 15) is 14.7 Å². The number of carboxylic acid groups (broad SMARTS) is 1. The summed E-state index contributed by atoms with van der Waals surface area (Å²) in [5.41, 5.74) is 6.34. The number of imidazole rings is 1. The lowest BCUT2D eigenvalue weighted by molar-refractivity contribution is -0.161. The Labute approximate surface area is 304 Å². The van der Waals surface area contributed by atoms with Crippen molar-refractivity contribution in [1.82, 2.24) is 19.5 Å². The first-order valence-electron chi connectivity index (χ1n) is 16.8. The van der Waals surface area contributed by atoms with Gasteiger partial charge in [-0.25, -0.2) is 4.98 Å². The van der Waals surface area contributed by atoms with Crippen LogP contribution in [0, 0.1) is 11.7 Å². The van der Waals surface area contributed by atoms with Gasteiger partial charge in [0, 0.05) is 56.5 Å². The highest BCUT2D eigenvalue weighted by Gasteiger charge is 2.32. The molecule has 1 saturated heterocycles. The maximum atomic E-state index is 15.9. The standard InChI is InChI=1S/C37H38Cl2FN5O6/c1-43-14-13-29-28(18-43)41-35(44(29)2)36(46)42-27-9-5-8-25(31(27)39)22-6-4-7-24-23(22)10-11-30(24)51-34-26(38)16-21(33(49-3)32(34)40)19-50-45-15-12-20(17-45)37(47)48/h4-9,16,20,30H,10-15,17-19H2,1-3H3,(H,42,46)(H,47,48). The third kappa shape index (κ3) is 6.78. The number of ether oxygens (including phenoxy) is 2. The summed E-state index contributed by atoms with van der Waals surface area (Å²) in [6, 6.07) is 12.9. The summed E-state index contributed by atoms with van der Waals surface area (Å²) >= 11 is 13.6. The molecule has 14 heteroatoms. The van der Waals surface area contributed by atoms with Gasteiger partial charge in [0.25, 0.3) is 5.91 Å². The Morgan fingerprint density at radius 1 is 1.06 bits per heavy atom. The van der Waals surface area contributed by atoms with E-state index in [0.717, 1.165) is 46.6 Å². The van der Waals surface area contributed by atoms with Crippen LogP contribution < -0.4 is 14.8 Å². The Hall–Kier alpha value is -4.20. The monoisotopic (exact) mass is 737 g/mol. The molecule has 2 aliphatic heterocycles. The van der Waals surface area contributed by atoms with Crippen LogP contribution in [-0.2, 0) is 42.7 Å². The molecular weight excluding hydrogens is 700 g/mol. The van der Waals surface area contributed by atoms with Crippen LogP contribution in [0.15, 0.2) is 42.5 Å². The number of carbonyl (C=O) groups is 2. The molecule has 2 atom stereocenters. The summed E-state index contributed by atoms with van der Waals surface area (Å²) in [5, 5.41) is 14.3. The number of fused-ring (bicyclic) bond motifs is 2. The number of anilines is 1. The maximum Gasteiger partial charge on any atom is 0.307 e. The van der Waals surface area contributed by atoms with Gasteiger partial charge in [-0.1, -0.05) is 53.5 Å². The first-order chi connectivity index (χ1) is 24.5. The lowest BCUT2D eigenvalue weighted by Gasteiger charge is -2.21. The van der Waals surface area contributed by atoms with Gasteiger partial charge in [0.15, 0.2) is 17.3 Å². The van der Waals surface area contributed by atoms with E-state index >= 15 is 4.39 Å². The number of methoxy groups -OCH3 is 1. The van der Waals surface area contributed by atoms with Crippen LogP contribution >= 0.6 is 23.2 Å². The fourth-order valence-corrected chi connectivity index (χ4v) is 7.82.